The van der Waals surface area contributed by atoms with Crippen LogP contribution in [-0.2, 0) is 6.42 Å². The molecule has 0 aromatic heterocycles. The van der Waals surface area contributed by atoms with Gasteiger partial charge in [0.1, 0.15) is 0 Å². The van der Waals surface area contributed by atoms with E-state index >= 15 is 0 Å². The average molecular weight is 193 g/mol. The van der Waals surface area contributed by atoms with E-state index in [2.05, 4.69) is 32.1 Å². The van der Waals surface area contributed by atoms with Crippen LogP contribution in [0.25, 0.3) is 6.08 Å². The topological polar surface area (TPSA) is 0 Å². The molecule has 0 saturated heterocycles. The second-order valence-electron chi connectivity index (χ2n) is 3.89. The molecular weight excluding hydrogens is 180 g/mol. The molecular formula is C12H13Cl. The Bertz CT molecular complexity index is 361. The third-order valence-corrected chi connectivity index (χ3v) is 2.82. The molecule has 0 N–H and O–H groups in total. The number of halogens is 1. The lowest BCUT2D eigenvalue weighted by atomic mass is 10.0. The van der Waals surface area contributed by atoms with Crippen molar-refractivity contribution in [3.05, 3.63) is 39.9 Å². The van der Waals surface area contributed by atoms with Gasteiger partial charge in [0.2, 0.25) is 0 Å². The summed E-state index contributed by atoms with van der Waals surface area (Å²) in [4.78, 5) is 0. The highest BCUT2D eigenvalue weighted by molar-refractivity contribution is 6.30. The predicted molar refractivity (Wildman–Crippen MR) is 58.0 cm³/mol. The first kappa shape index (κ1) is 8.83. The second kappa shape index (κ2) is 3.19. The SMILES string of the molecule is CC(C)C1=Cc2ccc(Cl)cc2C1. The van der Waals surface area contributed by atoms with E-state index in [1.165, 1.54) is 16.7 Å². The molecule has 2 rings (SSSR count). The fourth-order valence-corrected chi connectivity index (χ4v) is 1.90. The molecule has 0 unspecified atom stereocenters. The summed E-state index contributed by atoms with van der Waals surface area (Å²) in [5, 5.41) is 0.845. The Hall–Kier alpha value is -0.750. The van der Waals surface area contributed by atoms with Gasteiger partial charge >= 0.3 is 0 Å². The van der Waals surface area contributed by atoms with Crippen LogP contribution in [0.5, 0.6) is 0 Å². The summed E-state index contributed by atoms with van der Waals surface area (Å²) in [6.45, 7) is 4.47. The van der Waals surface area contributed by atoms with Gasteiger partial charge in [-0.2, -0.15) is 0 Å². The maximum atomic E-state index is 5.93. The fraction of sp³-hybridized carbons (Fsp3) is 0.333. The first-order valence-electron chi connectivity index (χ1n) is 4.65. The van der Waals surface area contributed by atoms with Crippen molar-refractivity contribution >= 4 is 17.7 Å². The number of hydrogen-bond donors (Lipinski definition) is 0. The predicted octanol–water partition coefficient (Wildman–Crippen LogP) is 3.94. The number of hydrogen-bond acceptors (Lipinski definition) is 0. The van der Waals surface area contributed by atoms with Crippen molar-refractivity contribution in [1.82, 2.24) is 0 Å². The van der Waals surface area contributed by atoms with Crippen LogP contribution in [0.1, 0.15) is 25.0 Å². The van der Waals surface area contributed by atoms with Gasteiger partial charge in [0.05, 0.1) is 0 Å². The van der Waals surface area contributed by atoms with Crippen molar-refractivity contribution in [2.75, 3.05) is 0 Å². The first-order chi connectivity index (χ1) is 6.16. The van der Waals surface area contributed by atoms with Gasteiger partial charge in [0.15, 0.2) is 0 Å². The van der Waals surface area contributed by atoms with E-state index in [1.807, 2.05) is 6.07 Å². The Morgan fingerprint density at radius 1 is 1.31 bits per heavy atom. The van der Waals surface area contributed by atoms with Gasteiger partial charge < -0.3 is 0 Å². The van der Waals surface area contributed by atoms with Crippen LogP contribution in [0.15, 0.2) is 23.8 Å². The normalized spacial score (nSPS) is 14.6. The Kier molecular flexibility index (Phi) is 2.17. The van der Waals surface area contributed by atoms with E-state index in [4.69, 9.17) is 11.6 Å². The van der Waals surface area contributed by atoms with E-state index in [9.17, 15) is 0 Å². The van der Waals surface area contributed by atoms with E-state index in [-0.39, 0.29) is 0 Å². The largest absolute Gasteiger partial charge is 0.0843 e. The Morgan fingerprint density at radius 2 is 2.08 bits per heavy atom. The summed E-state index contributed by atoms with van der Waals surface area (Å²) in [5.74, 6) is 0.645. The van der Waals surface area contributed by atoms with Gasteiger partial charge in [0.25, 0.3) is 0 Å². The smallest absolute Gasteiger partial charge is 0.0409 e. The maximum Gasteiger partial charge on any atom is 0.0409 e. The summed E-state index contributed by atoms with van der Waals surface area (Å²) in [5.41, 5.74) is 4.22. The van der Waals surface area contributed by atoms with Gasteiger partial charge in [-0.15, -0.1) is 0 Å². The van der Waals surface area contributed by atoms with Crippen LogP contribution in [-0.4, -0.2) is 0 Å². The molecule has 1 aliphatic carbocycles. The van der Waals surface area contributed by atoms with Gasteiger partial charge in [-0.3, -0.25) is 0 Å². The van der Waals surface area contributed by atoms with Crippen LogP contribution < -0.4 is 0 Å². The van der Waals surface area contributed by atoms with E-state index < -0.39 is 0 Å². The molecule has 0 spiro atoms. The van der Waals surface area contributed by atoms with Crippen LogP contribution in [0.3, 0.4) is 0 Å². The Morgan fingerprint density at radius 3 is 2.77 bits per heavy atom. The van der Waals surface area contributed by atoms with Gasteiger partial charge in [-0.05, 0) is 35.6 Å². The fourth-order valence-electron chi connectivity index (χ4n) is 1.71. The minimum absolute atomic E-state index is 0.645. The monoisotopic (exact) mass is 192 g/mol. The lowest BCUT2D eigenvalue weighted by Crippen LogP contribution is -1.92. The minimum Gasteiger partial charge on any atom is -0.0843 e. The number of benzene rings is 1. The molecule has 0 amide bonds. The van der Waals surface area contributed by atoms with Gasteiger partial charge in [-0.25, -0.2) is 0 Å². The third kappa shape index (κ3) is 1.64. The number of allylic oxidation sites excluding steroid dienone is 1. The average Bonchev–Trinajstić information content (AvgIpc) is 2.46. The first-order valence-corrected chi connectivity index (χ1v) is 5.03. The summed E-state index contributed by atoms with van der Waals surface area (Å²) in [6.07, 6.45) is 3.36. The summed E-state index contributed by atoms with van der Waals surface area (Å²) in [7, 11) is 0. The van der Waals surface area contributed by atoms with Crippen molar-refractivity contribution in [2.24, 2.45) is 5.92 Å². The van der Waals surface area contributed by atoms with E-state index in [0.29, 0.717) is 5.92 Å². The molecule has 0 aliphatic heterocycles. The van der Waals surface area contributed by atoms with Crippen molar-refractivity contribution in [3.8, 4) is 0 Å². The Balaban J connectivity index is 2.36. The second-order valence-corrected chi connectivity index (χ2v) is 4.33. The molecule has 0 heterocycles. The van der Waals surface area contributed by atoms with Crippen LogP contribution in [0.2, 0.25) is 5.02 Å². The molecule has 1 aliphatic rings. The van der Waals surface area contributed by atoms with Crippen LogP contribution in [0.4, 0.5) is 0 Å². The summed E-state index contributed by atoms with van der Waals surface area (Å²) in [6, 6.07) is 6.13. The summed E-state index contributed by atoms with van der Waals surface area (Å²) >= 11 is 5.93. The quantitative estimate of drug-likeness (QED) is 0.633. The van der Waals surface area contributed by atoms with E-state index in [1.54, 1.807) is 0 Å². The number of fused-ring (bicyclic) bond motifs is 1. The molecule has 0 nitrogen and oxygen atoms in total. The highest BCUT2D eigenvalue weighted by Gasteiger charge is 2.14. The molecule has 68 valence electrons. The lowest BCUT2D eigenvalue weighted by Gasteiger charge is -2.04. The van der Waals surface area contributed by atoms with Crippen LogP contribution in [0, 0.1) is 5.92 Å². The highest BCUT2D eigenvalue weighted by Crippen LogP contribution is 2.30. The van der Waals surface area contributed by atoms with Crippen molar-refractivity contribution < 1.29 is 0 Å². The maximum absolute atomic E-state index is 5.93. The molecule has 1 heteroatoms. The van der Waals surface area contributed by atoms with Crippen molar-refractivity contribution in [2.45, 2.75) is 20.3 Å². The van der Waals surface area contributed by atoms with Gasteiger partial charge in [-0.1, -0.05) is 43.2 Å². The highest BCUT2D eigenvalue weighted by atomic mass is 35.5. The number of rotatable bonds is 1. The van der Waals surface area contributed by atoms with Crippen molar-refractivity contribution in [1.29, 1.82) is 0 Å². The molecule has 0 radical (unpaired) electrons. The minimum atomic E-state index is 0.645. The molecule has 0 atom stereocenters. The standard InChI is InChI=1S/C12H13Cl/c1-8(2)10-5-9-3-4-12(13)7-11(9)6-10/h3-5,7-8H,6H2,1-2H3. The Labute approximate surface area is 84.2 Å². The molecule has 1 aromatic rings. The molecule has 1 aromatic carbocycles. The van der Waals surface area contributed by atoms with Crippen molar-refractivity contribution in [3.63, 3.8) is 0 Å². The third-order valence-electron chi connectivity index (χ3n) is 2.58. The molecule has 0 bridgehead atoms. The summed E-state index contributed by atoms with van der Waals surface area (Å²) < 4.78 is 0. The molecule has 0 saturated carbocycles. The van der Waals surface area contributed by atoms with Gasteiger partial charge in [0, 0.05) is 5.02 Å². The zero-order valence-electron chi connectivity index (χ0n) is 7.97. The zero-order valence-corrected chi connectivity index (χ0v) is 8.73. The van der Waals surface area contributed by atoms with E-state index in [0.717, 1.165) is 11.4 Å². The van der Waals surface area contributed by atoms with Crippen LogP contribution >= 0.6 is 11.6 Å². The zero-order chi connectivity index (χ0) is 9.42. The lowest BCUT2D eigenvalue weighted by molar-refractivity contribution is 0.754. The molecule has 0 fully saturated rings. The molecule has 13 heavy (non-hydrogen) atoms.